The van der Waals surface area contributed by atoms with E-state index in [1.807, 2.05) is 30.0 Å². The highest BCUT2D eigenvalue weighted by Crippen LogP contribution is 2.38. The number of carbonyl (C=O) groups excluding carboxylic acids is 1. The third kappa shape index (κ3) is 3.73. The summed E-state index contributed by atoms with van der Waals surface area (Å²) in [5.41, 5.74) is 1.20. The highest BCUT2D eigenvalue weighted by molar-refractivity contribution is 5.78. The van der Waals surface area contributed by atoms with Gasteiger partial charge in [-0.2, -0.15) is 0 Å². The molecule has 0 radical (unpaired) electrons. The summed E-state index contributed by atoms with van der Waals surface area (Å²) in [4.78, 5) is 18.5. The highest BCUT2D eigenvalue weighted by Gasteiger charge is 2.44. The fourth-order valence-corrected chi connectivity index (χ4v) is 3.83. The van der Waals surface area contributed by atoms with Crippen LogP contribution in [0.1, 0.15) is 19.3 Å². The number of rotatable bonds is 4. The Morgan fingerprint density at radius 1 is 1.21 bits per heavy atom. The lowest BCUT2D eigenvalue weighted by atomic mass is 9.87. The number of likely N-dealkylation sites (N-methyl/N-ethyl adjacent to an activating group) is 2. The first-order chi connectivity index (χ1) is 11.5. The topological polar surface area (TPSA) is 36.0 Å². The number of piperidine rings is 1. The average molecular weight is 331 g/mol. The summed E-state index contributed by atoms with van der Waals surface area (Å²) in [5, 5.41) is 0. The fourth-order valence-electron chi connectivity index (χ4n) is 3.83. The summed E-state index contributed by atoms with van der Waals surface area (Å²) in [6.45, 7) is 2.90. The molecule has 1 atom stereocenters. The van der Waals surface area contributed by atoms with Gasteiger partial charge in [-0.05, 0) is 45.5 Å². The largest absolute Gasteiger partial charge is 0.373 e. The maximum atomic E-state index is 12.2. The minimum Gasteiger partial charge on any atom is -0.373 e. The second kappa shape index (κ2) is 7.11. The van der Waals surface area contributed by atoms with Crippen molar-refractivity contribution in [3.05, 3.63) is 30.3 Å². The number of carbonyl (C=O) groups is 1. The number of para-hydroxylation sites is 1. The van der Waals surface area contributed by atoms with Crippen LogP contribution in [0.5, 0.6) is 0 Å². The van der Waals surface area contributed by atoms with Crippen molar-refractivity contribution in [3.63, 3.8) is 0 Å². The van der Waals surface area contributed by atoms with Crippen molar-refractivity contribution in [2.24, 2.45) is 0 Å². The number of amides is 1. The molecule has 1 amide bonds. The van der Waals surface area contributed by atoms with Crippen LogP contribution in [-0.2, 0) is 9.53 Å². The van der Waals surface area contributed by atoms with E-state index in [4.69, 9.17) is 4.74 Å². The summed E-state index contributed by atoms with van der Waals surface area (Å²) in [5.74, 6) is 0.228. The van der Waals surface area contributed by atoms with Gasteiger partial charge in [0.1, 0.15) is 0 Å². The molecule has 2 aliphatic heterocycles. The number of hydrogen-bond donors (Lipinski definition) is 0. The summed E-state index contributed by atoms with van der Waals surface area (Å²) < 4.78 is 6.26. The van der Waals surface area contributed by atoms with Crippen LogP contribution in [0.15, 0.2) is 30.3 Å². The van der Waals surface area contributed by atoms with E-state index in [1.165, 1.54) is 5.69 Å². The lowest BCUT2D eigenvalue weighted by molar-refractivity contribution is -0.136. The Kier molecular flexibility index (Phi) is 5.11. The molecule has 1 spiro atoms. The predicted molar refractivity (Wildman–Crippen MR) is 96.3 cm³/mol. The van der Waals surface area contributed by atoms with Crippen LogP contribution in [-0.4, -0.2) is 74.7 Å². The number of ether oxygens (including phenoxy) is 1. The SMILES string of the molecule is CN(C)CC(=O)N1CCC2(CC1)C[C@@H](N(C)c1ccccc1)CO2. The molecule has 0 aromatic heterocycles. The second-order valence-electron chi connectivity index (χ2n) is 7.42. The van der Waals surface area contributed by atoms with Crippen LogP contribution in [0.4, 0.5) is 5.69 Å². The van der Waals surface area contributed by atoms with E-state index < -0.39 is 0 Å². The van der Waals surface area contributed by atoms with Gasteiger partial charge < -0.3 is 19.4 Å². The number of benzene rings is 1. The van der Waals surface area contributed by atoms with Gasteiger partial charge in [-0.1, -0.05) is 18.2 Å². The van der Waals surface area contributed by atoms with Gasteiger partial charge in [-0.25, -0.2) is 0 Å². The van der Waals surface area contributed by atoms with E-state index in [9.17, 15) is 4.79 Å². The second-order valence-corrected chi connectivity index (χ2v) is 7.42. The predicted octanol–water partition coefficient (Wildman–Crippen LogP) is 1.83. The monoisotopic (exact) mass is 331 g/mol. The Labute approximate surface area is 145 Å². The molecule has 2 fully saturated rings. The fraction of sp³-hybridized carbons (Fsp3) is 0.632. The molecule has 2 aliphatic rings. The van der Waals surface area contributed by atoms with Gasteiger partial charge >= 0.3 is 0 Å². The standard InChI is InChI=1S/C19H29N3O2/c1-20(2)14-18(23)22-11-9-19(10-12-22)13-17(15-24-19)21(3)16-7-5-4-6-8-16/h4-8,17H,9-15H2,1-3H3/t17-/m1/s1. The third-order valence-corrected chi connectivity index (χ3v) is 5.38. The first-order valence-electron chi connectivity index (χ1n) is 8.83. The van der Waals surface area contributed by atoms with Crippen molar-refractivity contribution in [2.75, 3.05) is 52.3 Å². The Hall–Kier alpha value is -1.59. The van der Waals surface area contributed by atoms with E-state index in [-0.39, 0.29) is 11.5 Å². The molecule has 2 saturated heterocycles. The molecular weight excluding hydrogens is 302 g/mol. The van der Waals surface area contributed by atoms with E-state index >= 15 is 0 Å². The van der Waals surface area contributed by atoms with E-state index in [0.717, 1.165) is 39.0 Å². The summed E-state index contributed by atoms with van der Waals surface area (Å²) >= 11 is 0. The van der Waals surface area contributed by atoms with Gasteiger partial charge in [0, 0.05) is 25.8 Å². The molecule has 0 saturated carbocycles. The van der Waals surface area contributed by atoms with E-state index in [2.05, 4.69) is 36.2 Å². The molecule has 3 rings (SSSR count). The summed E-state index contributed by atoms with van der Waals surface area (Å²) in [6.07, 6.45) is 2.95. The molecule has 1 aromatic carbocycles. The normalized spacial score (nSPS) is 23.0. The number of nitrogens with zero attached hydrogens (tertiary/aromatic N) is 3. The molecule has 5 nitrogen and oxygen atoms in total. The van der Waals surface area contributed by atoms with Crippen LogP contribution in [0.2, 0.25) is 0 Å². The molecule has 0 N–H and O–H groups in total. The van der Waals surface area contributed by atoms with Gasteiger partial charge in [-0.15, -0.1) is 0 Å². The van der Waals surface area contributed by atoms with Gasteiger partial charge in [0.25, 0.3) is 0 Å². The molecular formula is C19H29N3O2. The van der Waals surface area contributed by atoms with Gasteiger partial charge in [0.05, 0.1) is 24.8 Å². The van der Waals surface area contributed by atoms with Gasteiger partial charge in [-0.3, -0.25) is 4.79 Å². The summed E-state index contributed by atoms with van der Waals surface area (Å²) in [6, 6.07) is 10.9. The molecule has 0 unspecified atom stereocenters. The zero-order valence-corrected chi connectivity index (χ0v) is 15.1. The smallest absolute Gasteiger partial charge is 0.236 e. The van der Waals surface area contributed by atoms with Crippen molar-refractivity contribution in [1.29, 1.82) is 0 Å². The average Bonchev–Trinajstić information content (AvgIpc) is 2.98. The van der Waals surface area contributed by atoms with Gasteiger partial charge in [0.15, 0.2) is 0 Å². The number of anilines is 1. The third-order valence-electron chi connectivity index (χ3n) is 5.38. The van der Waals surface area contributed by atoms with E-state index in [1.54, 1.807) is 0 Å². The van der Waals surface area contributed by atoms with Crippen molar-refractivity contribution in [1.82, 2.24) is 9.80 Å². The van der Waals surface area contributed by atoms with E-state index in [0.29, 0.717) is 12.6 Å². The molecule has 2 heterocycles. The van der Waals surface area contributed by atoms with Crippen LogP contribution in [0.25, 0.3) is 0 Å². The Bertz CT molecular complexity index is 553. The van der Waals surface area contributed by atoms with Gasteiger partial charge in [0.2, 0.25) is 5.91 Å². The van der Waals surface area contributed by atoms with Crippen molar-refractivity contribution in [2.45, 2.75) is 30.9 Å². The highest BCUT2D eigenvalue weighted by atomic mass is 16.5. The number of likely N-dealkylation sites (tertiary alicyclic amines) is 1. The first-order valence-corrected chi connectivity index (χ1v) is 8.83. The minimum absolute atomic E-state index is 0.0391. The number of hydrogen-bond acceptors (Lipinski definition) is 4. The molecule has 0 aliphatic carbocycles. The molecule has 132 valence electrons. The Morgan fingerprint density at radius 2 is 1.88 bits per heavy atom. The maximum Gasteiger partial charge on any atom is 0.236 e. The molecule has 24 heavy (non-hydrogen) atoms. The lowest BCUT2D eigenvalue weighted by Gasteiger charge is -2.39. The molecule has 0 bridgehead atoms. The lowest BCUT2D eigenvalue weighted by Crippen LogP contribution is -2.49. The van der Waals surface area contributed by atoms with Crippen molar-refractivity contribution >= 4 is 11.6 Å². The molecule has 5 heteroatoms. The first kappa shape index (κ1) is 17.2. The zero-order valence-electron chi connectivity index (χ0n) is 15.1. The molecule has 1 aromatic rings. The Balaban J connectivity index is 1.55. The van der Waals surface area contributed by atoms with Crippen LogP contribution in [0.3, 0.4) is 0 Å². The minimum atomic E-state index is -0.0391. The van der Waals surface area contributed by atoms with Crippen LogP contribution >= 0.6 is 0 Å². The summed E-state index contributed by atoms with van der Waals surface area (Å²) in [7, 11) is 6.03. The quantitative estimate of drug-likeness (QED) is 0.843. The van der Waals surface area contributed by atoms with Crippen molar-refractivity contribution in [3.8, 4) is 0 Å². The maximum absolute atomic E-state index is 12.2. The van der Waals surface area contributed by atoms with Crippen LogP contribution in [0, 0.1) is 0 Å². The van der Waals surface area contributed by atoms with Crippen molar-refractivity contribution < 1.29 is 9.53 Å². The Morgan fingerprint density at radius 3 is 2.50 bits per heavy atom. The van der Waals surface area contributed by atoms with Crippen LogP contribution < -0.4 is 4.90 Å². The zero-order chi connectivity index (χ0) is 17.2.